The van der Waals surface area contributed by atoms with E-state index in [4.69, 9.17) is 4.74 Å². The van der Waals surface area contributed by atoms with Gasteiger partial charge in [-0.1, -0.05) is 12.1 Å². The Hall–Kier alpha value is -2.49. The van der Waals surface area contributed by atoms with Crippen molar-refractivity contribution >= 4 is 5.95 Å². The maximum atomic E-state index is 12.7. The maximum absolute atomic E-state index is 12.7. The fourth-order valence-corrected chi connectivity index (χ4v) is 4.09. The number of fused-ring (bicyclic) bond motifs is 2. The Morgan fingerprint density at radius 1 is 1.14 bits per heavy atom. The molecule has 2 heterocycles. The number of alkyl halides is 3. The minimum atomic E-state index is -4.81. The van der Waals surface area contributed by atoms with Crippen LogP contribution in [0.2, 0.25) is 0 Å². The lowest BCUT2D eigenvalue weighted by molar-refractivity contribution is -0.275. The molecule has 2 aliphatic rings. The lowest BCUT2D eigenvalue weighted by atomic mass is 9.94. The maximum Gasteiger partial charge on any atom is 0.573 e. The number of anilines is 1. The molecule has 1 saturated heterocycles. The van der Waals surface area contributed by atoms with E-state index in [0.717, 1.165) is 25.9 Å². The van der Waals surface area contributed by atoms with E-state index in [-0.39, 0.29) is 23.8 Å². The van der Waals surface area contributed by atoms with Crippen molar-refractivity contribution < 1.29 is 22.6 Å². The van der Waals surface area contributed by atoms with Gasteiger partial charge in [-0.15, -0.1) is 18.3 Å². The van der Waals surface area contributed by atoms with Crippen LogP contribution in [0.5, 0.6) is 17.5 Å². The first-order chi connectivity index (χ1) is 13.8. The molecule has 1 saturated carbocycles. The molecule has 1 aliphatic carbocycles. The first-order valence-corrected chi connectivity index (χ1v) is 9.76. The summed E-state index contributed by atoms with van der Waals surface area (Å²) in [5.41, 5.74) is 0. The normalized spacial score (nSPS) is 24.0. The second kappa shape index (κ2) is 7.74. The van der Waals surface area contributed by atoms with E-state index in [1.807, 2.05) is 13.8 Å². The van der Waals surface area contributed by atoms with Crippen molar-refractivity contribution in [1.29, 1.82) is 0 Å². The number of halogens is 3. The highest BCUT2D eigenvalue weighted by Crippen LogP contribution is 2.37. The first-order valence-electron chi connectivity index (χ1n) is 9.76. The standard InChI is InChI=1S/C19H24F3N5O2/c1-11(2)27-18(28-14-5-3-4-6-15(14)29-19(20,21)22)25-17(26-27)24-16-12-7-8-13(16)10-23-9-12/h3-6,11-13,16,23H,7-10H2,1-2H3,(H,24,26)/t12-,13+,16-. The zero-order valence-electron chi connectivity index (χ0n) is 16.2. The van der Waals surface area contributed by atoms with Crippen LogP contribution in [-0.2, 0) is 0 Å². The van der Waals surface area contributed by atoms with Gasteiger partial charge in [-0.2, -0.15) is 4.98 Å². The van der Waals surface area contributed by atoms with Gasteiger partial charge in [-0.3, -0.25) is 0 Å². The van der Waals surface area contributed by atoms with Crippen molar-refractivity contribution in [1.82, 2.24) is 20.1 Å². The van der Waals surface area contributed by atoms with Gasteiger partial charge in [0.1, 0.15) is 0 Å². The summed E-state index contributed by atoms with van der Waals surface area (Å²) in [7, 11) is 0. The Kier molecular flexibility index (Phi) is 5.28. The quantitative estimate of drug-likeness (QED) is 0.750. The summed E-state index contributed by atoms with van der Waals surface area (Å²) in [6.07, 6.45) is -2.50. The van der Waals surface area contributed by atoms with Gasteiger partial charge in [-0.05, 0) is 63.7 Å². The largest absolute Gasteiger partial charge is 0.573 e. The molecule has 0 unspecified atom stereocenters. The van der Waals surface area contributed by atoms with Crippen LogP contribution in [0, 0.1) is 11.8 Å². The highest BCUT2D eigenvalue weighted by molar-refractivity contribution is 5.42. The fraction of sp³-hybridized carbons (Fsp3) is 0.579. The van der Waals surface area contributed by atoms with E-state index in [2.05, 4.69) is 25.5 Å². The fourth-order valence-electron chi connectivity index (χ4n) is 4.09. The van der Waals surface area contributed by atoms with E-state index in [1.54, 1.807) is 10.7 Å². The number of nitrogens with zero attached hydrogens (tertiary/aromatic N) is 3. The highest BCUT2D eigenvalue weighted by atomic mass is 19.4. The SMILES string of the molecule is CC(C)n1nc(N[C@@H]2[C@@H]3CC[C@H]2CNC3)nc1Oc1ccccc1OC(F)(F)F. The summed E-state index contributed by atoms with van der Waals surface area (Å²) in [5, 5.41) is 11.3. The average molecular weight is 411 g/mol. The minimum absolute atomic E-state index is 0.0763. The van der Waals surface area contributed by atoms with Gasteiger partial charge in [0.2, 0.25) is 5.95 Å². The van der Waals surface area contributed by atoms with Crippen molar-refractivity contribution in [3.8, 4) is 17.5 Å². The summed E-state index contributed by atoms with van der Waals surface area (Å²) in [6, 6.07) is 5.93. The Labute approximate surface area is 166 Å². The number of piperidine rings is 1. The predicted molar refractivity (Wildman–Crippen MR) is 100 cm³/mol. The van der Waals surface area contributed by atoms with Gasteiger partial charge in [-0.25, -0.2) is 4.68 Å². The van der Waals surface area contributed by atoms with Crippen LogP contribution in [-0.4, -0.2) is 40.3 Å². The summed E-state index contributed by atoms with van der Waals surface area (Å²) in [6.45, 7) is 5.73. The number of benzene rings is 1. The van der Waals surface area contributed by atoms with E-state index in [0.29, 0.717) is 17.8 Å². The molecular formula is C19H24F3N5O2. The number of aromatic nitrogens is 3. The van der Waals surface area contributed by atoms with E-state index in [9.17, 15) is 13.2 Å². The molecule has 3 atom stereocenters. The molecule has 1 aliphatic heterocycles. The first kappa shape index (κ1) is 19.8. The summed E-state index contributed by atoms with van der Waals surface area (Å²) < 4.78 is 49.4. The number of nitrogens with one attached hydrogen (secondary N) is 2. The minimum Gasteiger partial charge on any atom is -0.420 e. The highest BCUT2D eigenvalue weighted by Gasteiger charge is 2.39. The number of hydrogen-bond acceptors (Lipinski definition) is 6. The number of rotatable bonds is 6. The second-order valence-corrected chi connectivity index (χ2v) is 7.78. The van der Waals surface area contributed by atoms with E-state index >= 15 is 0 Å². The van der Waals surface area contributed by atoms with Crippen molar-refractivity contribution in [2.45, 2.75) is 45.1 Å². The predicted octanol–water partition coefficient (Wildman–Crippen LogP) is 3.96. The second-order valence-electron chi connectivity index (χ2n) is 7.78. The molecule has 10 heteroatoms. The molecule has 2 bridgehead atoms. The van der Waals surface area contributed by atoms with Crippen LogP contribution < -0.4 is 20.1 Å². The lowest BCUT2D eigenvalue weighted by Gasteiger charge is -2.30. The van der Waals surface area contributed by atoms with E-state index in [1.165, 1.54) is 18.2 Å². The van der Waals surface area contributed by atoms with Gasteiger partial charge in [0.15, 0.2) is 11.5 Å². The molecule has 29 heavy (non-hydrogen) atoms. The zero-order valence-corrected chi connectivity index (χ0v) is 16.2. The number of hydrogen-bond donors (Lipinski definition) is 2. The molecule has 0 radical (unpaired) electrons. The van der Waals surface area contributed by atoms with Gasteiger partial charge in [0.25, 0.3) is 0 Å². The number of ether oxygens (including phenoxy) is 2. The molecule has 1 aromatic carbocycles. The number of para-hydroxylation sites is 2. The molecule has 4 rings (SSSR count). The zero-order chi connectivity index (χ0) is 20.6. The van der Waals surface area contributed by atoms with Crippen LogP contribution in [0.25, 0.3) is 0 Å². The lowest BCUT2D eigenvalue weighted by Crippen LogP contribution is -2.45. The molecule has 1 aromatic heterocycles. The molecule has 2 fully saturated rings. The average Bonchev–Trinajstić information content (AvgIpc) is 3.12. The summed E-state index contributed by atoms with van der Waals surface area (Å²) in [4.78, 5) is 4.42. The molecular weight excluding hydrogens is 387 g/mol. The van der Waals surface area contributed by atoms with Gasteiger partial charge < -0.3 is 20.1 Å². The summed E-state index contributed by atoms with van der Waals surface area (Å²) in [5.74, 6) is 0.957. The third kappa shape index (κ3) is 4.42. The van der Waals surface area contributed by atoms with Gasteiger partial charge in [0.05, 0.1) is 6.04 Å². The van der Waals surface area contributed by atoms with Crippen molar-refractivity contribution in [3.05, 3.63) is 24.3 Å². The van der Waals surface area contributed by atoms with Crippen LogP contribution >= 0.6 is 0 Å². The van der Waals surface area contributed by atoms with Gasteiger partial charge >= 0.3 is 12.4 Å². The molecule has 7 nitrogen and oxygen atoms in total. The van der Waals surface area contributed by atoms with Crippen LogP contribution in [0.4, 0.5) is 19.1 Å². The Bertz CT molecular complexity index is 839. The van der Waals surface area contributed by atoms with Crippen molar-refractivity contribution in [2.24, 2.45) is 11.8 Å². The Morgan fingerprint density at radius 2 is 1.79 bits per heavy atom. The molecule has 2 N–H and O–H groups in total. The molecule has 0 spiro atoms. The third-order valence-corrected chi connectivity index (χ3v) is 5.40. The summed E-state index contributed by atoms with van der Waals surface area (Å²) >= 11 is 0. The van der Waals surface area contributed by atoms with Crippen LogP contribution in [0.3, 0.4) is 0 Å². The van der Waals surface area contributed by atoms with Gasteiger partial charge in [0, 0.05) is 6.04 Å². The van der Waals surface area contributed by atoms with Crippen LogP contribution in [0.15, 0.2) is 24.3 Å². The monoisotopic (exact) mass is 411 g/mol. The topological polar surface area (TPSA) is 73.2 Å². The Morgan fingerprint density at radius 3 is 2.41 bits per heavy atom. The third-order valence-electron chi connectivity index (χ3n) is 5.40. The van der Waals surface area contributed by atoms with E-state index < -0.39 is 12.1 Å². The molecule has 0 amide bonds. The van der Waals surface area contributed by atoms with Crippen molar-refractivity contribution in [2.75, 3.05) is 18.4 Å². The molecule has 2 aromatic rings. The molecule has 158 valence electrons. The van der Waals surface area contributed by atoms with Crippen molar-refractivity contribution in [3.63, 3.8) is 0 Å². The Balaban J connectivity index is 1.57. The van der Waals surface area contributed by atoms with Crippen LogP contribution in [0.1, 0.15) is 32.7 Å². The smallest absolute Gasteiger partial charge is 0.420 e.